The summed E-state index contributed by atoms with van der Waals surface area (Å²) >= 11 is 0. The maximum atomic E-state index is 14.3. The fourth-order valence-electron chi connectivity index (χ4n) is 6.13. The van der Waals surface area contributed by atoms with Gasteiger partial charge in [-0.05, 0) is 65.8 Å². The Morgan fingerprint density at radius 2 is 1.67 bits per heavy atom. The van der Waals surface area contributed by atoms with E-state index in [9.17, 15) is 14.4 Å². The van der Waals surface area contributed by atoms with Crippen LogP contribution in [-0.4, -0.2) is 64.3 Å². The molecular weight excluding hydrogens is 526 g/mol. The summed E-state index contributed by atoms with van der Waals surface area (Å²) < 4.78 is 5.23. The highest BCUT2D eigenvalue weighted by Crippen LogP contribution is 2.27. The number of carbonyl (C=O) groups is 3. The number of nitrogens with zero attached hydrogens (tertiary/aromatic N) is 3. The molecule has 42 heavy (non-hydrogen) atoms. The number of aromatic nitrogens is 1. The van der Waals surface area contributed by atoms with Crippen LogP contribution in [0.3, 0.4) is 0 Å². The Bertz CT molecular complexity index is 1600. The SMILES string of the molecule is COC(=O)C(Cc1ccc2ccccc2c1)N1CCC(C)N(C(=O)Cc2ccc3ncccc3c2)C(CC(C)C)C1=O. The number of fused-ring (bicyclic) bond motifs is 2. The van der Waals surface area contributed by atoms with E-state index in [1.54, 1.807) is 16.0 Å². The van der Waals surface area contributed by atoms with Gasteiger partial charge in [0.05, 0.1) is 19.0 Å². The standard InChI is InChI=1S/C35H39N3O4/c1-23(2)18-31-34(40)37(32(35(41)42-4)21-25-11-13-27-8-5-6-9-28(27)19-25)17-15-24(3)38(31)33(39)22-26-12-14-30-29(20-26)10-7-16-36-30/h5-14,16,19-20,23-24,31-32H,15,17-18,21-22H2,1-4H3. The third-order valence-corrected chi connectivity index (χ3v) is 8.26. The molecule has 0 N–H and O–H groups in total. The molecule has 0 saturated carbocycles. The molecule has 3 unspecified atom stereocenters. The highest BCUT2D eigenvalue weighted by molar-refractivity contribution is 5.92. The van der Waals surface area contributed by atoms with Gasteiger partial charge in [-0.15, -0.1) is 0 Å². The van der Waals surface area contributed by atoms with E-state index in [1.165, 1.54) is 7.11 Å². The number of hydrogen-bond acceptors (Lipinski definition) is 5. The lowest BCUT2D eigenvalue weighted by Crippen LogP contribution is -2.55. The lowest BCUT2D eigenvalue weighted by Gasteiger charge is -2.36. The van der Waals surface area contributed by atoms with Gasteiger partial charge in [0.1, 0.15) is 12.1 Å². The molecular formula is C35H39N3O4. The van der Waals surface area contributed by atoms with Crippen molar-refractivity contribution in [1.82, 2.24) is 14.8 Å². The maximum absolute atomic E-state index is 14.3. The van der Waals surface area contributed by atoms with Gasteiger partial charge in [0, 0.05) is 30.6 Å². The second-order valence-corrected chi connectivity index (χ2v) is 11.7. The Hall–Kier alpha value is -4.26. The van der Waals surface area contributed by atoms with Crippen LogP contribution in [-0.2, 0) is 32.0 Å². The minimum atomic E-state index is -0.784. The molecule has 2 heterocycles. The summed E-state index contributed by atoms with van der Waals surface area (Å²) in [5.41, 5.74) is 2.71. The van der Waals surface area contributed by atoms with E-state index < -0.39 is 18.1 Å². The number of benzene rings is 3. The third kappa shape index (κ3) is 6.30. The van der Waals surface area contributed by atoms with Crippen molar-refractivity contribution in [3.8, 4) is 0 Å². The summed E-state index contributed by atoms with van der Waals surface area (Å²) in [4.78, 5) is 49.3. The monoisotopic (exact) mass is 565 g/mol. The minimum absolute atomic E-state index is 0.0873. The number of rotatable bonds is 8. The summed E-state index contributed by atoms with van der Waals surface area (Å²) in [5.74, 6) is -0.557. The number of esters is 1. The van der Waals surface area contributed by atoms with Gasteiger partial charge in [-0.2, -0.15) is 0 Å². The summed E-state index contributed by atoms with van der Waals surface area (Å²) in [6.07, 6.45) is 3.36. The van der Waals surface area contributed by atoms with Crippen LogP contribution >= 0.6 is 0 Å². The van der Waals surface area contributed by atoms with Gasteiger partial charge in [0.15, 0.2) is 0 Å². The average Bonchev–Trinajstić information content (AvgIpc) is 3.10. The van der Waals surface area contributed by atoms with Gasteiger partial charge >= 0.3 is 5.97 Å². The Morgan fingerprint density at radius 3 is 2.43 bits per heavy atom. The molecule has 7 nitrogen and oxygen atoms in total. The Labute approximate surface area is 247 Å². The van der Waals surface area contributed by atoms with E-state index in [0.717, 1.165) is 32.8 Å². The molecule has 0 bridgehead atoms. The molecule has 0 aliphatic carbocycles. The molecule has 1 aliphatic heterocycles. The fourth-order valence-corrected chi connectivity index (χ4v) is 6.13. The molecule has 3 aromatic carbocycles. The highest BCUT2D eigenvalue weighted by Gasteiger charge is 2.43. The molecule has 7 heteroatoms. The molecule has 3 atom stereocenters. The zero-order valence-corrected chi connectivity index (χ0v) is 24.8. The quantitative estimate of drug-likeness (QED) is 0.261. The number of methoxy groups -OCH3 is 1. The number of ether oxygens (including phenoxy) is 1. The molecule has 1 aliphatic rings. The first kappa shape index (κ1) is 29.2. The first-order chi connectivity index (χ1) is 20.2. The minimum Gasteiger partial charge on any atom is -0.467 e. The Kier molecular flexibility index (Phi) is 8.86. The van der Waals surface area contributed by atoms with Gasteiger partial charge in [-0.1, -0.05) is 68.4 Å². The van der Waals surface area contributed by atoms with Crippen molar-refractivity contribution in [2.24, 2.45) is 5.92 Å². The second kappa shape index (κ2) is 12.7. The van der Waals surface area contributed by atoms with E-state index in [1.807, 2.05) is 73.7 Å². The lowest BCUT2D eigenvalue weighted by molar-refractivity contribution is -0.155. The first-order valence-electron chi connectivity index (χ1n) is 14.8. The van der Waals surface area contributed by atoms with E-state index >= 15 is 0 Å². The van der Waals surface area contributed by atoms with Crippen molar-refractivity contribution < 1.29 is 19.1 Å². The van der Waals surface area contributed by atoms with Gasteiger partial charge < -0.3 is 14.5 Å². The predicted octanol–water partition coefficient (Wildman–Crippen LogP) is 5.58. The normalized spacial score (nSPS) is 18.4. The molecule has 0 spiro atoms. The van der Waals surface area contributed by atoms with E-state index in [2.05, 4.69) is 24.9 Å². The van der Waals surface area contributed by atoms with Crippen molar-refractivity contribution >= 4 is 39.5 Å². The van der Waals surface area contributed by atoms with Crippen molar-refractivity contribution in [1.29, 1.82) is 0 Å². The third-order valence-electron chi connectivity index (χ3n) is 8.26. The zero-order chi connectivity index (χ0) is 29.8. The van der Waals surface area contributed by atoms with Crippen molar-refractivity contribution in [2.45, 2.75) is 64.6 Å². The highest BCUT2D eigenvalue weighted by atomic mass is 16.5. The molecule has 2 amide bonds. The smallest absolute Gasteiger partial charge is 0.328 e. The van der Waals surface area contributed by atoms with E-state index in [-0.39, 0.29) is 30.2 Å². The number of pyridine rings is 1. The van der Waals surface area contributed by atoms with Crippen LogP contribution < -0.4 is 0 Å². The molecule has 1 fully saturated rings. The Morgan fingerprint density at radius 1 is 0.952 bits per heavy atom. The number of amides is 2. The summed E-state index contributed by atoms with van der Waals surface area (Å²) in [6, 6.07) is 22.3. The largest absolute Gasteiger partial charge is 0.467 e. The van der Waals surface area contributed by atoms with Crippen LogP contribution in [0.5, 0.6) is 0 Å². The van der Waals surface area contributed by atoms with Crippen LogP contribution in [0.1, 0.15) is 44.7 Å². The lowest BCUT2D eigenvalue weighted by atomic mass is 9.97. The topological polar surface area (TPSA) is 79.8 Å². The van der Waals surface area contributed by atoms with Crippen LogP contribution in [0.15, 0.2) is 79.0 Å². The number of hydrogen-bond donors (Lipinski definition) is 0. The molecule has 4 aromatic rings. The Balaban J connectivity index is 1.44. The number of carbonyl (C=O) groups excluding carboxylic acids is 3. The fraction of sp³-hybridized carbons (Fsp3) is 0.371. The molecule has 218 valence electrons. The molecule has 5 rings (SSSR count). The first-order valence-corrected chi connectivity index (χ1v) is 14.8. The summed E-state index contributed by atoms with van der Waals surface area (Å²) in [5, 5.41) is 3.17. The maximum Gasteiger partial charge on any atom is 0.328 e. The van der Waals surface area contributed by atoms with Crippen LogP contribution in [0.25, 0.3) is 21.7 Å². The predicted molar refractivity (Wildman–Crippen MR) is 165 cm³/mol. The van der Waals surface area contributed by atoms with Crippen molar-refractivity contribution in [3.63, 3.8) is 0 Å². The van der Waals surface area contributed by atoms with Crippen LogP contribution in [0, 0.1) is 5.92 Å². The molecule has 1 aromatic heterocycles. The van der Waals surface area contributed by atoms with Gasteiger partial charge in [-0.3, -0.25) is 14.6 Å². The van der Waals surface area contributed by atoms with Gasteiger partial charge in [0.2, 0.25) is 11.8 Å². The molecule has 1 saturated heterocycles. The summed E-state index contributed by atoms with van der Waals surface area (Å²) in [7, 11) is 1.36. The molecule has 0 radical (unpaired) electrons. The van der Waals surface area contributed by atoms with Gasteiger partial charge in [0.25, 0.3) is 0 Å². The van der Waals surface area contributed by atoms with Gasteiger partial charge in [-0.25, -0.2) is 4.79 Å². The van der Waals surface area contributed by atoms with Crippen LogP contribution in [0.4, 0.5) is 0 Å². The van der Waals surface area contributed by atoms with Crippen molar-refractivity contribution in [2.75, 3.05) is 13.7 Å². The summed E-state index contributed by atoms with van der Waals surface area (Å²) in [6.45, 7) is 6.48. The van der Waals surface area contributed by atoms with Crippen molar-refractivity contribution in [3.05, 3.63) is 90.1 Å². The average molecular weight is 566 g/mol. The van der Waals surface area contributed by atoms with E-state index in [0.29, 0.717) is 25.8 Å². The van der Waals surface area contributed by atoms with E-state index in [4.69, 9.17) is 4.74 Å². The van der Waals surface area contributed by atoms with Crippen LogP contribution in [0.2, 0.25) is 0 Å². The zero-order valence-electron chi connectivity index (χ0n) is 24.8. The second-order valence-electron chi connectivity index (χ2n) is 11.7.